The van der Waals surface area contributed by atoms with Crippen LogP contribution in [0.15, 0.2) is 36.5 Å². The van der Waals surface area contributed by atoms with Crippen LogP contribution in [0.3, 0.4) is 0 Å². The largest absolute Gasteiger partial charge is 0.495 e. The second kappa shape index (κ2) is 17.1. The summed E-state index contributed by atoms with van der Waals surface area (Å²) in [6.45, 7) is 14.2. The van der Waals surface area contributed by atoms with Gasteiger partial charge in [0, 0.05) is 19.8 Å². The normalized spacial score (nSPS) is 18.2. The lowest BCUT2D eigenvalue weighted by molar-refractivity contribution is -0.137. The van der Waals surface area contributed by atoms with E-state index in [1.807, 2.05) is 6.07 Å². The molecule has 1 aliphatic carbocycles. The van der Waals surface area contributed by atoms with Crippen LogP contribution in [0.25, 0.3) is 0 Å². The number of phosphoric acid groups is 1. The van der Waals surface area contributed by atoms with Crippen LogP contribution in [-0.4, -0.2) is 62.0 Å². The fraction of sp³-hybridized carbons (Fsp3) is 0.575. The third kappa shape index (κ3) is 10.5. The SMILES string of the molecule is CCC(CC)(c1ccc(Nc2ncc(C(F)(F)F)c(Nc3ccc([C@H]4CC[C@H](OP(=O)(OC(C)(C)C)OC(C)(C)C)CC4)c4c3C(=O)N(C)C4)n2)c(OC)c1)P(=O)(O)O. The van der Waals surface area contributed by atoms with Crippen molar-refractivity contribution in [1.82, 2.24) is 14.9 Å². The van der Waals surface area contributed by atoms with Gasteiger partial charge in [-0.3, -0.25) is 22.9 Å². The fourth-order valence-electron chi connectivity index (χ4n) is 7.77. The van der Waals surface area contributed by atoms with Crippen LogP contribution in [0, 0.1) is 0 Å². The van der Waals surface area contributed by atoms with Gasteiger partial charge in [0.2, 0.25) is 5.95 Å². The van der Waals surface area contributed by atoms with E-state index in [4.69, 9.17) is 18.3 Å². The van der Waals surface area contributed by atoms with Crippen LogP contribution < -0.4 is 15.4 Å². The van der Waals surface area contributed by atoms with E-state index in [1.54, 1.807) is 68.5 Å². The van der Waals surface area contributed by atoms with Gasteiger partial charge in [0.05, 0.1) is 46.5 Å². The minimum atomic E-state index is -4.86. The summed E-state index contributed by atoms with van der Waals surface area (Å²) < 4.78 is 92.8. The number of anilines is 4. The summed E-state index contributed by atoms with van der Waals surface area (Å²) in [5.74, 6) is -1.05. The summed E-state index contributed by atoms with van der Waals surface area (Å²) in [6.07, 6.45) is -2.01. The first-order valence-electron chi connectivity index (χ1n) is 19.6. The highest BCUT2D eigenvalue weighted by Gasteiger charge is 2.46. The summed E-state index contributed by atoms with van der Waals surface area (Å²) in [6, 6.07) is 7.90. The molecule has 0 bridgehead atoms. The molecule has 1 aromatic heterocycles. The first-order chi connectivity index (χ1) is 27.2. The minimum absolute atomic E-state index is 0.00753. The van der Waals surface area contributed by atoms with E-state index in [1.165, 1.54) is 30.2 Å². The number of aromatic nitrogens is 2. The average molecular weight is 870 g/mol. The number of methoxy groups -OCH3 is 1. The number of nitrogens with zero attached hydrogens (tertiary/aromatic N) is 3. The molecule has 0 saturated heterocycles. The van der Waals surface area contributed by atoms with E-state index >= 15 is 0 Å². The maximum absolute atomic E-state index is 14.4. The molecule has 326 valence electrons. The zero-order valence-electron chi connectivity index (χ0n) is 35.2. The van der Waals surface area contributed by atoms with Crippen LogP contribution in [-0.2, 0) is 40.6 Å². The van der Waals surface area contributed by atoms with Crippen molar-refractivity contribution >= 4 is 44.5 Å². The van der Waals surface area contributed by atoms with Crippen molar-refractivity contribution in [3.8, 4) is 5.75 Å². The van der Waals surface area contributed by atoms with E-state index in [2.05, 4.69) is 20.6 Å². The molecule has 5 rings (SSSR count). The molecule has 3 aromatic rings. The van der Waals surface area contributed by atoms with Crippen LogP contribution in [0.4, 0.5) is 36.3 Å². The van der Waals surface area contributed by atoms with Gasteiger partial charge in [-0.2, -0.15) is 18.2 Å². The highest BCUT2D eigenvalue weighted by atomic mass is 31.2. The first-order valence-corrected chi connectivity index (χ1v) is 22.6. The maximum Gasteiger partial charge on any atom is 0.476 e. The van der Waals surface area contributed by atoms with Crippen LogP contribution >= 0.6 is 15.4 Å². The van der Waals surface area contributed by atoms with Crippen molar-refractivity contribution in [2.75, 3.05) is 24.8 Å². The molecule has 4 N–H and O–H groups in total. The van der Waals surface area contributed by atoms with E-state index in [0.29, 0.717) is 43.0 Å². The Balaban J connectivity index is 1.43. The topological polar surface area (TPSA) is 182 Å². The van der Waals surface area contributed by atoms with Gasteiger partial charge in [0.15, 0.2) is 0 Å². The number of hydrogen-bond acceptors (Lipinski definition) is 11. The molecular weight excluding hydrogens is 813 g/mol. The zero-order valence-corrected chi connectivity index (χ0v) is 37.0. The number of phosphoric ester groups is 1. The Morgan fingerprint density at radius 2 is 1.49 bits per heavy atom. The van der Waals surface area contributed by atoms with Gasteiger partial charge in [-0.15, -0.1) is 0 Å². The predicted molar refractivity (Wildman–Crippen MR) is 219 cm³/mol. The van der Waals surface area contributed by atoms with Crippen molar-refractivity contribution in [2.45, 2.75) is 135 Å². The smallest absolute Gasteiger partial charge is 0.476 e. The highest BCUT2D eigenvalue weighted by Crippen LogP contribution is 2.62. The van der Waals surface area contributed by atoms with E-state index in [-0.39, 0.29) is 59.8 Å². The van der Waals surface area contributed by atoms with Gasteiger partial charge in [-0.25, -0.2) is 9.55 Å². The molecule has 0 unspecified atom stereocenters. The number of carbonyl (C=O) groups excluding carboxylic acids is 1. The van der Waals surface area contributed by atoms with Crippen molar-refractivity contribution in [3.63, 3.8) is 0 Å². The Morgan fingerprint density at radius 1 is 0.898 bits per heavy atom. The molecule has 19 heteroatoms. The van der Waals surface area contributed by atoms with Crippen molar-refractivity contribution in [3.05, 3.63) is 64.3 Å². The molecule has 2 heterocycles. The number of hydrogen-bond donors (Lipinski definition) is 4. The van der Waals surface area contributed by atoms with E-state index in [0.717, 1.165) is 5.56 Å². The number of benzene rings is 2. The summed E-state index contributed by atoms with van der Waals surface area (Å²) in [4.78, 5) is 43.7. The van der Waals surface area contributed by atoms with Crippen molar-refractivity contribution in [2.24, 2.45) is 0 Å². The molecule has 14 nitrogen and oxygen atoms in total. The lowest BCUT2D eigenvalue weighted by atomic mass is 9.80. The van der Waals surface area contributed by atoms with E-state index < -0.39 is 55.4 Å². The third-order valence-corrected chi connectivity index (χ3v) is 14.6. The van der Waals surface area contributed by atoms with Gasteiger partial charge in [-0.05, 0) is 121 Å². The van der Waals surface area contributed by atoms with Crippen molar-refractivity contribution in [1.29, 1.82) is 0 Å². The number of carbonyl (C=O) groups is 1. The average Bonchev–Trinajstić information content (AvgIpc) is 3.40. The monoisotopic (exact) mass is 869 g/mol. The number of amides is 1. The van der Waals surface area contributed by atoms with Crippen molar-refractivity contribution < 1.29 is 55.2 Å². The molecule has 1 fully saturated rings. The number of fused-ring (bicyclic) bond motifs is 1. The molecule has 59 heavy (non-hydrogen) atoms. The Kier molecular flexibility index (Phi) is 13.5. The Hall–Kier alpha value is -3.56. The Bertz CT molecular complexity index is 2100. The number of alkyl halides is 3. The molecule has 0 spiro atoms. The Labute approximate surface area is 343 Å². The third-order valence-electron chi connectivity index (χ3n) is 10.5. The van der Waals surface area contributed by atoms with Crippen LogP contribution in [0.2, 0.25) is 0 Å². The molecule has 0 radical (unpaired) electrons. The minimum Gasteiger partial charge on any atom is -0.495 e. The van der Waals surface area contributed by atoms with Crippen LogP contribution in [0.5, 0.6) is 5.75 Å². The van der Waals surface area contributed by atoms with Gasteiger partial charge in [-0.1, -0.05) is 26.0 Å². The standard InChI is InChI=1S/C40H56F3N5O9P2/c1-11-39(12-2,58(50,51)52)25-15-19-30(32(21-25)54-10)46-36-44-22-29(40(41,42)43)34(47-36)45-31-20-18-27(28-23-48(9)35(49)33(28)31)24-13-16-26(17-14-24)55-59(53,56-37(3,4)5)57-38(6,7)8/h15,18-22,24,26H,11-14,16-17,23H2,1-10H3,(H2,50,51,52)(H2,44,45,46,47)/t24-,26-. The lowest BCUT2D eigenvalue weighted by Gasteiger charge is -2.35. The lowest BCUT2D eigenvalue weighted by Crippen LogP contribution is -2.28. The predicted octanol–water partition coefficient (Wildman–Crippen LogP) is 10.6. The molecule has 1 aliphatic heterocycles. The number of halogens is 3. The summed E-state index contributed by atoms with van der Waals surface area (Å²) in [5, 5.41) is 4.20. The molecule has 2 aromatic carbocycles. The molecule has 1 saturated carbocycles. The Morgan fingerprint density at radius 3 is 2.02 bits per heavy atom. The fourth-order valence-corrected chi connectivity index (χ4v) is 11.1. The molecule has 1 amide bonds. The number of nitrogens with one attached hydrogen (secondary N) is 2. The number of ether oxygens (including phenoxy) is 1. The quantitative estimate of drug-likeness (QED) is 0.112. The number of rotatable bonds is 14. The van der Waals surface area contributed by atoms with E-state index in [9.17, 15) is 36.9 Å². The second-order valence-corrected chi connectivity index (χ2v) is 20.5. The summed E-state index contributed by atoms with van der Waals surface area (Å²) in [5.41, 5.74) is -0.192. The van der Waals surface area contributed by atoms with Gasteiger partial charge < -0.3 is 30.1 Å². The van der Waals surface area contributed by atoms with Gasteiger partial charge in [0.25, 0.3) is 5.91 Å². The molecule has 2 aliphatic rings. The first kappa shape index (κ1) is 46.5. The van der Waals surface area contributed by atoms with Crippen LogP contribution in [0.1, 0.15) is 132 Å². The summed E-state index contributed by atoms with van der Waals surface area (Å²) >= 11 is 0. The summed E-state index contributed by atoms with van der Waals surface area (Å²) in [7, 11) is -5.58. The second-order valence-electron chi connectivity index (χ2n) is 17.1. The van der Waals surface area contributed by atoms with Gasteiger partial charge in [0.1, 0.15) is 17.1 Å². The molecular formula is C40H56F3N5O9P2. The van der Waals surface area contributed by atoms with Gasteiger partial charge >= 0.3 is 21.6 Å². The highest BCUT2D eigenvalue weighted by molar-refractivity contribution is 7.53. The molecule has 0 atom stereocenters. The zero-order chi connectivity index (χ0) is 43.9. The maximum atomic E-state index is 14.4.